The van der Waals surface area contributed by atoms with E-state index in [0.717, 1.165) is 12.3 Å². The highest BCUT2D eigenvalue weighted by atomic mass is 79.9. The fourth-order valence-electron chi connectivity index (χ4n) is 2.33. The number of rotatable bonds is 2. The van der Waals surface area contributed by atoms with Crippen molar-refractivity contribution in [3.05, 3.63) is 29.8 Å². The minimum atomic E-state index is 0.359. The molecule has 2 heteroatoms. The lowest BCUT2D eigenvalue weighted by atomic mass is 9.85. The molecule has 2 atom stereocenters. The standard InChI is InChI=1S/C13H17BrO/c14-13-4-2-1-3-11(13)9-10-5-7-12(15)8-6-10/h5-8,11,13,15H,1-4,9H2. The molecule has 15 heavy (non-hydrogen) atoms. The van der Waals surface area contributed by atoms with Crippen LogP contribution in [0.25, 0.3) is 0 Å². The van der Waals surface area contributed by atoms with Crippen LogP contribution in [0.15, 0.2) is 24.3 Å². The summed E-state index contributed by atoms with van der Waals surface area (Å²) >= 11 is 3.78. The highest BCUT2D eigenvalue weighted by Crippen LogP contribution is 2.32. The van der Waals surface area contributed by atoms with E-state index < -0.39 is 0 Å². The Bertz CT molecular complexity index is 307. The molecule has 0 spiro atoms. The molecule has 0 amide bonds. The van der Waals surface area contributed by atoms with Crippen LogP contribution < -0.4 is 0 Å². The first kappa shape index (κ1) is 11.0. The fourth-order valence-corrected chi connectivity index (χ4v) is 3.10. The van der Waals surface area contributed by atoms with E-state index in [1.807, 2.05) is 12.1 Å². The third-order valence-corrected chi connectivity index (χ3v) is 4.46. The van der Waals surface area contributed by atoms with Gasteiger partial charge in [-0.25, -0.2) is 0 Å². The highest BCUT2D eigenvalue weighted by Gasteiger charge is 2.22. The van der Waals surface area contributed by atoms with Crippen molar-refractivity contribution in [2.75, 3.05) is 0 Å². The first-order valence-corrected chi connectivity index (χ1v) is 6.59. The second kappa shape index (κ2) is 5.02. The maximum Gasteiger partial charge on any atom is 0.115 e. The lowest BCUT2D eigenvalue weighted by Gasteiger charge is -2.27. The van der Waals surface area contributed by atoms with E-state index in [1.165, 1.54) is 31.2 Å². The van der Waals surface area contributed by atoms with Crippen LogP contribution in [0.5, 0.6) is 5.75 Å². The van der Waals surface area contributed by atoms with Crippen molar-refractivity contribution >= 4 is 15.9 Å². The average molecular weight is 269 g/mol. The summed E-state index contributed by atoms with van der Waals surface area (Å²) in [6.07, 6.45) is 6.50. The van der Waals surface area contributed by atoms with Gasteiger partial charge in [0, 0.05) is 4.83 Å². The van der Waals surface area contributed by atoms with Gasteiger partial charge in [-0.2, -0.15) is 0 Å². The Morgan fingerprint density at radius 2 is 1.80 bits per heavy atom. The van der Waals surface area contributed by atoms with E-state index in [4.69, 9.17) is 0 Å². The Morgan fingerprint density at radius 3 is 2.47 bits per heavy atom. The predicted octanol–water partition coefficient (Wildman–Crippen LogP) is 3.89. The first-order chi connectivity index (χ1) is 7.25. The molecule has 0 heterocycles. The summed E-state index contributed by atoms with van der Waals surface area (Å²) < 4.78 is 0. The van der Waals surface area contributed by atoms with Crippen molar-refractivity contribution in [1.82, 2.24) is 0 Å². The van der Waals surface area contributed by atoms with Gasteiger partial charge in [0.25, 0.3) is 0 Å². The lowest BCUT2D eigenvalue weighted by molar-refractivity contribution is 0.373. The Kier molecular flexibility index (Phi) is 3.68. The number of hydrogen-bond donors (Lipinski definition) is 1. The normalized spacial score (nSPS) is 26.5. The van der Waals surface area contributed by atoms with E-state index in [2.05, 4.69) is 15.9 Å². The SMILES string of the molecule is Oc1ccc(CC2CCCCC2Br)cc1. The summed E-state index contributed by atoms with van der Waals surface area (Å²) in [7, 11) is 0. The van der Waals surface area contributed by atoms with Gasteiger partial charge in [0.15, 0.2) is 0 Å². The molecule has 82 valence electrons. The second-order valence-corrected chi connectivity index (χ2v) is 5.61. The maximum absolute atomic E-state index is 9.21. The van der Waals surface area contributed by atoms with Crippen LogP contribution >= 0.6 is 15.9 Å². The molecule has 0 aromatic heterocycles. The summed E-state index contributed by atoms with van der Waals surface area (Å²) in [5, 5.41) is 9.21. The second-order valence-electron chi connectivity index (χ2n) is 4.43. The molecule has 1 saturated carbocycles. The van der Waals surface area contributed by atoms with Crippen molar-refractivity contribution in [1.29, 1.82) is 0 Å². The van der Waals surface area contributed by atoms with Crippen molar-refractivity contribution in [2.24, 2.45) is 5.92 Å². The largest absolute Gasteiger partial charge is 0.508 e. The van der Waals surface area contributed by atoms with Crippen LogP contribution in [0.1, 0.15) is 31.2 Å². The number of benzene rings is 1. The van der Waals surface area contributed by atoms with Crippen LogP contribution in [0.2, 0.25) is 0 Å². The summed E-state index contributed by atoms with van der Waals surface area (Å²) in [5.74, 6) is 1.13. The molecule has 0 radical (unpaired) electrons. The first-order valence-electron chi connectivity index (χ1n) is 5.67. The third-order valence-electron chi connectivity index (χ3n) is 3.25. The topological polar surface area (TPSA) is 20.2 Å². The molecule has 2 unspecified atom stereocenters. The monoisotopic (exact) mass is 268 g/mol. The van der Waals surface area contributed by atoms with Gasteiger partial charge in [-0.05, 0) is 42.9 Å². The lowest BCUT2D eigenvalue weighted by Crippen LogP contribution is -2.21. The van der Waals surface area contributed by atoms with Gasteiger partial charge in [-0.15, -0.1) is 0 Å². The van der Waals surface area contributed by atoms with Crippen LogP contribution in [-0.4, -0.2) is 9.93 Å². The Hall–Kier alpha value is -0.500. The predicted molar refractivity (Wildman–Crippen MR) is 66.5 cm³/mol. The zero-order valence-electron chi connectivity index (χ0n) is 8.82. The van der Waals surface area contributed by atoms with Gasteiger partial charge in [0.1, 0.15) is 5.75 Å². The summed E-state index contributed by atoms with van der Waals surface area (Å²) in [6, 6.07) is 7.62. The molecule has 1 fully saturated rings. The van der Waals surface area contributed by atoms with Crippen LogP contribution in [0.3, 0.4) is 0 Å². The Labute approximate surface area is 99.6 Å². The van der Waals surface area contributed by atoms with Crippen molar-refractivity contribution < 1.29 is 5.11 Å². The van der Waals surface area contributed by atoms with Gasteiger partial charge < -0.3 is 5.11 Å². The molecule has 1 aromatic rings. The minimum absolute atomic E-state index is 0.359. The molecule has 1 nitrogen and oxygen atoms in total. The van der Waals surface area contributed by atoms with E-state index in [0.29, 0.717) is 10.6 Å². The number of aromatic hydroxyl groups is 1. The minimum Gasteiger partial charge on any atom is -0.508 e. The summed E-state index contributed by atoms with van der Waals surface area (Å²) in [5.41, 5.74) is 1.34. The average Bonchev–Trinajstić information content (AvgIpc) is 2.25. The fraction of sp³-hybridized carbons (Fsp3) is 0.538. The molecular weight excluding hydrogens is 252 g/mol. The van der Waals surface area contributed by atoms with Gasteiger partial charge in [0.2, 0.25) is 0 Å². The molecular formula is C13H17BrO. The van der Waals surface area contributed by atoms with Gasteiger partial charge in [0.05, 0.1) is 0 Å². The van der Waals surface area contributed by atoms with Crippen molar-refractivity contribution in [3.8, 4) is 5.75 Å². The molecule has 0 saturated heterocycles. The van der Waals surface area contributed by atoms with Crippen LogP contribution in [-0.2, 0) is 6.42 Å². The molecule has 0 bridgehead atoms. The third kappa shape index (κ3) is 2.97. The number of phenols is 1. The highest BCUT2D eigenvalue weighted by molar-refractivity contribution is 9.09. The zero-order valence-corrected chi connectivity index (χ0v) is 10.4. The number of phenolic OH excluding ortho intramolecular Hbond substituents is 1. The molecule has 2 rings (SSSR count). The number of halogens is 1. The van der Waals surface area contributed by atoms with Crippen molar-refractivity contribution in [2.45, 2.75) is 36.9 Å². The molecule has 1 aliphatic carbocycles. The quantitative estimate of drug-likeness (QED) is 0.807. The van der Waals surface area contributed by atoms with Crippen molar-refractivity contribution in [3.63, 3.8) is 0 Å². The number of alkyl halides is 1. The molecule has 1 N–H and O–H groups in total. The van der Waals surface area contributed by atoms with Crippen LogP contribution in [0.4, 0.5) is 0 Å². The Balaban J connectivity index is 1.98. The Morgan fingerprint density at radius 1 is 1.13 bits per heavy atom. The number of hydrogen-bond acceptors (Lipinski definition) is 1. The van der Waals surface area contributed by atoms with E-state index >= 15 is 0 Å². The molecule has 0 aliphatic heterocycles. The summed E-state index contributed by atoms with van der Waals surface area (Å²) in [4.78, 5) is 0.681. The van der Waals surface area contributed by atoms with Gasteiger partial charge >= 0.3 is 0 Å². The maximum atomic E-state index is 9.21. The van der Waals surface area contributed by atoms with Crippen LogP contribution in [0, 0.1) is 5.92 Å². The van der Waals surface area contributed by atoms with E-state index in [1.54, 1.807) is 12.1 Å². The zero-order chi connectivity index (χ0) is 10.7. The van der Waals surface area contributed by atoms with Gasteiger partial charge in [-0.1, -0.05) is 40.9 Å². The smallest absolute Gasteiger partial charge is 0.115 e. The molecule has 1 aromatic carbocycles. The summed E-state index contributed by atoms with van der Waals surface area (Å²) in [6.45, 7) is 0. The van der Waals surface area contributed by atoms with E-state index in [9.17, 15) is 5.11 Å². The van der Waals surface area contributed by atoms with E-state index in [-0.39, 0.29) is 0 Å². The molecule has 1 aliphatic rings. The van der Waals surface area contributed by atoms with Gasteiger partial charge in [-0.3, -0.25) is 0 Å².